The fourth-order valence-electron chi connectivity index (χ4n) is 2.00. The van der Waals surface area contributed by atoms with E-state index < -0.39 is 17.7 Å². The Morgan fingerprint density at radius 1 is 0.955 bits per heavy atom. The molecule has 2 rings (SSSR count). The molecule has 2 aromatic rings. The number of ether oxygens (including phenoxy) is 2. The molecule has 0 bridgehead atoms. The van der Waals surface area contributed by atoms with Crippen molar-refractivity contribution in [3.05, 3.63) is 53.6 Å². The van der Waals surface area contributed by atoms with Gasteiger partial charge in [-0.1, -0.05) is 18.2 Å². The van der Waals surface area contributed by atoms with E-state index in [4.69, 9.17) is 4.74 Å². The average molecular weight is 310 g/mol. The molecule has 0 amide bonds. The highest BCUT2D eigenvalue weighted by atomic mass is 19.4. The summed E-state index contributed by atoms with van der Waals surface area (Å²) in [7, 11) is 2.66. The zero-order valence-corrected chi connectivity index (χ0v) is 11.9. The van der Waals surface area contributed by atoms with Gasteiger partial charge < -0.3 is 9.47 Å². The first-order valence-corrected chi connectivity index (χ1v) is 6.31. The maximum Gasteiger partial charge on any atom is 0.416 e. The molecular weight excluding hydrogens is 297 g/mol. The van der Waals surface area contributed by atoms with Crippen molar-refractivity contribution < 1.29 is 27.4 Å². The van der Waals surface area contributed by atoms with Gasteiger partial charge in [-0.3, -0.25) is 0 Å². The fraction of sp³-hybridized carbons (Fsp3) is 0.188. The van der Waals surface area contributed by atoms with Gasteiger partial charge >= 0.3 is 12.1 Å². The lowest BCUT2D eigenvalue weighted by atomic mass is 10.0. The second-order valence-electron chi connectivity index (χ2n) is 4.48. The average Bonchev–Trinajstić information content (AvgIpc) is 2.52. The van der Waals surface area contributed by atoms with Crippen molar-refractivity contribution in [3.8, 4) is 16.9 Å². The Morgan fingerprint density at radius 2 is 1.55 bits per heavy atom. The zero-order valence-electron chi connectivity index (χ0n) is 11.9. The number of alkyl halides is 3. The van der Waals surface area contributed by atoms with Gasteiger partial charge in [0.05, 0.1) is 19.8 Å². The van der Waals surface area contributed by atoms with Crippen molar-refractivity contribution in [2.24, 2.45) is 0 Å². The quantitative estimate of drug-likeness (QED) is 0.798. The minimum absolute atomic E-state index is 0.251. The Labute approximate surface area is 125 Å². The van der Waals surface area contributed by atoms with Gasteiger partial charge in [-0.15, -0.1) is 0 Å². The third-order valence-corrected chi connectivity index (χ3v) is 3.15. The van der Waals surface area contributed by atoms with Crippen LogP contribution in [0.5, 0.6) is 5.75 Å². The standard InChI is InChI=1S/C16H13F3O3/c1-21-14-9-11(5-8-13(14)15(20)22-2)10-3-6-12(7-4-10)16(17,18)19/h3-9H,1-2H3. The summed E-state index contributed by atoms with van der Waals surface area (Å²) in [6, 6.07) is 9.47. The molecule has 0 heterocycles. The number of carbonyl (C=O) groups is 1. The molecule has 3 nitrogen and oxygen atoms in total. The normalized spacial score (nSPS) is 11.1. The molecule has 0 atom stereocenters. The molecule has 0 unspecified atom stereocenters. The second kappa shape index (κ2) is 6.09. The van der Waals surface area contributed by atoms with Gasteiger partial charge in [0, 0.05) is 0 Å². The predicted octanol–water partition coefficient (Wildman–Crippen LogP) is 4.17. The minimum atomic E-state index is -4.37. The summed E-state index contributed by atoms with van der Waals surface area (Å²) in [5, 5.41) is 0. The number of hydrogen-bond acceptors (Lipinski definition) is 3. The lowest BCUT2D eigenvalue weighted by Crippen LogP contribution is -2.04. The second-order valence-corrected chi connectivity index (χ2v) is 4.48. The lowest BCUT2D eigenvalue weighted by Gasteiger charge is -2.11. The Balaban J connectivity index is 2.39. The highest BCUT2D eigenvalue weighted by Gasteiger charge is 2.30. The van der Waals surface area contributed by atoms with E-state index in [0.29, 0.717) is 16.9 Å². The Morgan fingerprint density at radius 3 is 2.05 bits per heavy atom. The molecule has 2 aromatic carbocycles. The van der Waals surface area contributed by atoms with Crippen LogP contribution >= 0.6 is 0 Å². The summed E-state index contributed by atoms with van der Waals surface area (Å²) in [6.07, 6.45) is -4.37. The molecule has 0 saturated heterocycles. The van der Waals surface area contributed by atoms with Gasteiger partial charge in [0.2, 0.25) is 0 Å². The first kappa shape index (κ1) is 15.9. The first-order chi connectivity index (χ1) is 10.4. The third-order valence-electron chi connectivity index (χ3n) is 3.15. The van der Waals surface area contributed by atoms with Crippen molar-refractivity contribution in [2.45, 2.75) is 6.18 Å². The number of esters is 1. The van der Waals surface area contributed by atoms with Crippen molar-refractivity contribution in [1.29, 1.82) is 0 Å². The van der Waals surface area contributed by atoms with Crippen molar-refractivity contribution in [1.82, 2.24) is 0 Å². The largest absolute Gasteiger partial charge is 0.496 e. The van der Waals surface area contributed by atoms with Crippen molar-refractivity contribution in [2.75, 3.05) is 14.2 Å². The van der Waals surface area contributed by atoms with Crippen LogP contribution in [0, 0.1) is 0 Å². The van der Waals surface area contributed by atoms with E-state index in [1.54, 1.807) is 12.1 Å². The highest BCUT2D eigenvalue weighted by molar-refractivity contribution is 5.93. The zero-order chi connectivity index (χ0) is 16.3. The maximum absolute atomic E-state index is 12.6. The Kier molecular flexibility index (Phi) is 4.40. The molecule has 0 radical (unpaired) electrons. The summed E-state index contributed by atoms with van der Waals surface area (Å²) >= 11 is 0. The van der Waals surface area contributed by atoms with Crippen LogP contribution in [0.25, 0.3) is 11.1 Å². The number of carbonyl (C=O) groups excluding carboxylic acids is 1. The molecule has 116 valence electrons. The lowest BCUT2D eigenvalue weighted by molar-refractivity contribution is -0.137. The van der Waals surface area contributed by atoms with Crippen molar-refractivity contribution >= 4 is 5.97 Å². The van der Waals surface area contributed by atoms with Crippen LogP contribution in [0.4, 0.5) is 13.2 Å². The monoisotopic (exact) mass is 310 g/mol. The summed E-state index contributed by atoms with van der Waals surface area (Å²) in [4.78, 5) is 11.6. The van der Waals surface area contributed by atoms with Gasteiger partial charge in [-0.05, 0) is 35.4 Å². The summed E-state index contributed by atoms with van der Waals surface area (Å²) in [5.74, 6) is -0.250. The Hall–Kier alpha value is -2.50. The summed E-state index contributed by atoms with van der Waals surface area (Å²) < 4.78 is 47.4. The van der Waals surface area contributed by atoms with E-state index in [1.165, 1.54) is 32.4 Å². The Bertz CT molecular complexity index is 676. The van der Waals surface area contributed by atoms with E-state index in [0.717, 1.165) is 12.1 Å². The minimum Gasteiger partial charge on any atom is -0.496 e. The molecule has 0 aliphatic rings. The van der Waals surface area contributed by atoms with Crippen LogP contribution in [-0.4, -0.2) is 20.2 Å². The third kappa shape index (κ3) is 3.21. The molecule has 0 spiro atoms. The van der Waals surface area contributed by atoms with E-state index in [1.807, 2.05) is 0 Å². The first-order valence-electron chi connectivity index (χ1n) is 6.31. The van der Waals surface area contributed by atoms with Gasteiger partial charge in [-0.25, -0.2) is 4.79 Å². The molecule has 0 N–H and O–H groups in total. The fourth-order valence-corrected chi connectivity index (χ4v) is 2.00. The summed E-state index contributed by atoms with van der Waals surface area (Å²) in [6.45, 7) is 0. The molecule has 0 aromatic heterocycles. The molecule has 0 saturated carbocycles. The van der Waals surface area contributed by atoms with Crippen LogP contribution in [0.1, 0.15) is 15.9 Å². The molecule has 22 heavy (non-hydrogen) atoms. The smallest absolute Gasteiger partial charge is 0.416 e. The van der Waals surface area contributed by atoms with Crippen molar-refractivity contribution in [3.63, 3.8) is 0 Å². The SMILES string of the molecule is COC(=O)c1ccc(-c2ccc(C(F)(F)F)cc2)cc1OC. The topological polar surface area (TPSA) is 35.5 Å². The maximum atomic E-state index is 12.6. The van der Waals surface area contributed by atoms with Crippen LogP contribution in [-0.2, 0) is 10.9 Å². The van der Waals surface area contributed by atoms with Crippen LogP contribution in [0.3, 0.4) is 0 Å². The van der Waals surface area contributed by atoms with Crippen LogP contribution in [0.2, 0.25) is 0 Å². The van der Waals surface area contributed by atoms with E-state index in [2.05, 4.69) is 4.74 Å². The molecular formula is C16H13F3O3. The van der Waals surface area contributed by atoms with E-state index >= 15 is 0 Å². The van der Waals surface area contributed by atoms with Gasteiger partial charge in [0.25, 0.3) is 0 Å². The van der Waals surface area contributed by atoms with Gasteiger partial charge in [-0.2, -0.15) is 13.2 Å². The van der Waals surface area contributed by atoms with E-state index in [-0.39, 0.29) is 5.56 Å². The number of hydrogen-bond donors (Lipinski definition) is 0. The van der Waals surface area contributed by atoms with Crippen LogP contribution < -0.4 is 4.74 Å². The highest BCUT2D eigenvalue weighted by Crippen LogP contribution is 2.32. The number of methoxy groups -OCH3 is 2. The molecule has 0 aliphatic heterocycles. The molecule has 0 fully saturated rings. The van der Waals surface area contributed by atoms with Gasteiger partial charge in [0.15, 0.2) is 0 Å². The number of halogens is 3. The molecule has 6 heteroatoms. The summed E-state index contributed by atoms with van der Waals surface area (Å²) in [5.41, 5.74) is 0.760. The van der Waals surface area contributed by atoms with Gasteiger partial charge in [0.1, 0.15) is 11.3 Å². The molecule has 0 aliphatic carbocycles. The predicted molar refractivity (Wildman–Crippen MR) is 74.8 cm³/mol. The number of benzene rings is 2. The number of rotatable bonds is 3. The van der Waals surface area contributed by atoms with E-state index in [9.17, 15) is 18.0 Å². The van der Waals surface area contributed by atoms with Crippen LogP contribution in [0.15, 0.2) is 42.5 Å².